The first kappa shape index (κ1) is 12.2. The van der Waals surface area contributed by atoms with Crippen molar-refractivity contribution >= 4 is 11.8 Å². The van der Waals surface area contributed by atoms with Crippen molar-refractivity contribution in [2.45, 2.75) is 46.1 Å². The van der Waals surface area contributed by atoms with Crippen molar-refractivity contribution in [3.05, 3.63) is 0 Å². The summed E-state index contributed by atoms with van der Waals surface area (Å²) in [6.07, 6.45) is 1.61. The van der Waals surface area contributed by atoms with Crippen LogP contribution < -0.4 is 5.73 Å². The monoisotopic (exact) mass is 212 g/mol. The lowest BCUT2D eigenvalue weighted by atomic mass is 9.81. The van der Waals surface area contributed by atoms with Gasteiger partial charge in [0.2, 0.25) is 11.8 Å². The Morgan fingerprint density at radius 1 is 1.33 bits per heavy atom. The highest BCUT2D eigenvalue weighted by molar-refractivity contribution is 5.98. The van der Waals surface area contributed by atoms with Gasteiger partial charge in [0.05, 0.1) is 6.04 Å². The van der Waals surface area contributed by atoms with E-state index in [4.69, 9.17) is 5.73 Å². The lowest BCUT2D eigenvalue weighted by Crippen LogP contribution is -2.53. The van der Waals surface area contributed by atoms with Crippen LogP contribution in [0.15, 0.2) is 0 Å². The third-order valence-electron chi connectivity index (χ3n) is 2.91. The van der Waals surface area contributed by atoms with Gasteiger partial charge in [-0.05, 0) is 11.8 Å². The largest absolute Gasteiger partial charge is 0.328 e. The number of nitrogens with two attached hydrogens (primary N) is 1. The normalized spacial score (nSPS) is 23.1. The van der Waals surface area contributed by atoms with E-state index >= 15 is 0 Å². The van der Waals surface area contributed by atoms with Crippen LogP contribution in [0.4, 0.5) is 0 Å². The average Bonchev–Trinajstić information content (AvgIpc) is 2.09. The number of likely N-dealkylation sites (tertiary alicyclic amines) is 1. The van der Waals surface area contributed by atoms with Crippen LogP contribution in [0.3, 0.4) is 0 Å². The minimum Gasteiger partial charge on any atom is -0.328 e. The number of imide groups is 1. The summed E-state index contributed by atoms with van der Waals surface area (Å²) in [5.74, 6) is -0.151. The van der Waals surface area contributed by atoms with Gasteiger partial charge in [0.15, 0.2) is 0 Å². The molecule has 0 spiro atoms. The van der Waals surface area contributed by atoms with Gasteiger partial charge in [0, 0.05) is 19.4 Å². The van der Waals surface area contributed by atoms with Crippen molar-refractivity contribution < 1.29 is 9.59 Å². The Kier molecular flexibility index (Phi) is 3.50. The molecule has 1 fully saturated rings. The van der Waals surface area contributed by atoms with Crippen LogP contribution in [0, 0.1) is 5.41 Å². The molecule has 0 aliphatic carbocycles. The van der Waals surface area contributed by atoms with Crippen molar-refractivity contribution in [2.75, 3.05) is 6.54 Å². The van der Waals surface area contributed by atoms with Gasteiger partial charge in [0.1, 0.15) is 0 Å². The van der Waals surface area contributed by atoms with E-state index in [9.17, 15) is 9.59 Å². The molecule has 1 atom stereocenters. The number of rotatable bonds is 3. The van der Waals surface area contributed by atoms with E-state index in [1.54, 1.807) is 0 Å². The molecule has 0 radical (unpaired) electrons. The van der Waals surface area contributed by atoms with Crippen molar-refractivity contribution in [2.24, 2.45) is 11.1 Å². The molecule has 0 saturated carbocycles. The van der Waals surface area contributed by atoms with Gasteiger partial charge in [-0.3, -0.25) is 14.5 Å². The zero-order valence-electron chi connectivity index (χ0n) is 9.75. The highest BCUT2D eigenvalue weighted by Gasteiger charge is 2.39. The summed E-state index contributed by atoms with van der Waals surface area (Å²) in [5, 5.41) is 0. The Labute approximate surface area is 90.8 Å². The molecule has 1 heterocycles. The SMILES string of the molecule is CCC(CN)N1C(=O)CC(C)(C)CC1=O. The lowest BCUT2D eigenvalue weighted by molar-refractivity contribution is -0.155. The van der Waals surface area contributed by atoms with Gasteiger partial charge in [-0.25, -0.2) is 0 Å². The molecule has 15 heavy (non-hydrogen) atoms. The average molecular weight is 212 g/mol. The highest BCUT2D eigenvalue weighted by atomic mass is 16.2. The molecule has 1 saturated heterocycles. The maximum absolute atomic E-state index is 11.8. The summed E-state index contributed by atoms with van der Waals surface area (Å²) in [6, 6.07) is -0.124. The third-order valence-corrected chi connectivity index (χ3v) is 2.91. The second kappa shape index (κ2) is 4.31. The molecule has 1 unspecified atom stereocenters. The molecule has 1 aliphatic rings. The molecule has 4 nitrogen and oxygen atoms in total. The summed E-state index contributed by atoms with van der Waals surface area (Å²) in [6.45, 7) is 6.19. The standard InChI is InChI=1S/C11H20N2O2/c1-4-8(7-12)13-9(14)5-11(2,3)6-10(13)15/h8H,4-7,12H2,1-3H3. The molecule has 0 aromatic heterocycles. The molecule has 0 bridgehead atoms. The summed E-state index contributed by atoms with van der Waals surface area (Å²) in [7, 11) is 0. The third kappa shape index (κ3) is 2.56. The number of carbonyl (C=O) groups excluding carboxylic acids is 2. The van der Waals surface area contributed by atoms with Gasteiger partial charge in [-0.15, -0.1) is 0 Å². The molecule has 4 heteroatoms. The molecule has 1 rings (SSSR count). The number of hydrogen-bond donors (Lipinski definition) is 1. The Bertz CT molecular complexity index is 250. The summed E-state index contributed by atoms with van der Waals surface area (Å²) >= 11 is 0. The van der Waals surface area contributed by atoms with Crippen LogP contribution >= 0.6 is 0 Å². The quantitative estimate of drug-likeness (QED) is 0.707. The molecule has 1 aliphatic heterocycles. The fourth-order valence-corrected chi connectivity index (χ4v) is 2.05. The second-order valence-corrected chi connectivity index (χ2v) is 4.97. The van der Waals surface area contributed by atoms with Gasteiger partial charge in [-0.2, -0.15) is 0 Å². The number of hydrogen-bond acceptors (Lipinski definition) is 3. The molecular weight excluding hydrogens is 192 g/mol. The van der Waals surface area contributed by atoms with Crippen molar-refractivity contribution in [3.8, 4) is 0 Å². The second-order valence-electron chi connectivity index (χ2n) is 4.97. The molecular formula is C11H20N2O2. The van der Waals surface area contributed by atoms with Crippen LogP contribution in [-0.2, 0) is 9.59 Å². The zero-order chi connectivity index (χ0) is 11.6. The van der Waals surface area contributed by atoms with E-state index < -0.39 is 0 Å². The first-order valence-electron chi connectivity index (χ1n) is 5.46. The van der Waals surface area contributed by atoms with Gasteiger partial charge < -0.3 is 5.73 Å². The summed E-state index contributed by atoms with van der Waals surface area (Å²) in [4.78, 5) is 25.0. The van der Waals surface area contributed by atoms with Crippen molar-refractivity contribution in [3.63, 3.8) is 0 Å². The summed E-state index contributed by atoms with van der Waals surface area (Å²) < 4.78 is 0. The zero-order valence-corrected chi connectivity index (χ0v) is 9.75. The van der Waals surface area contributed by atoms with Crippen molar-refractivity contribution in [1.29, 1.82) is 0 Å². The van der Waals surface area contributed by atoms with Crippen molar-refractivity contribution in [1.82, 2.24) is 4.90 Å². The Morgan fingerprint density at radius 2 is 1.80 bits per heavy atom. The van der Waals surface area contributed by atoms with Crippen LogP contribution in [0.5, 0.6) is 0 Å². The van der Waals surface area contributed by atoms with E-state index in [2.05, 4.69) is 0 Å². The van der Waals surface area contributed by atoms with E-state index in [1.807, 2.05) is 20.8 Å². The topological polar surface area (TPSA) is 63.4 Å². The Hall–Kier alpha value is -0.900. The Morgan fingerprint density at radius 3 is 2.13 bits per heavy atom. The minimum absolute atomic E-state index is 0.0754. The maximum atomic E-state index is 11.8. The van der Waals surface area contributed by atoms with E-state index in [1.165, 1.54) is 4.90 Å². The molecule has 86 valence electrons. The first-order chi connectivity index (χ1) is 6.91. The van der Waals surface area contributed by atoms with Gasteiger partial charge >= 0.3 is 0 Å². The summed E-state index contributed by atoms with van der Waals surface area (Å²) in [5.41, 5.74) is 5.36. The Balaban J connectivity index is 2.83. The molecule has 0 aromatic carbocycles. The predicted octanol–water partition coefficient (Wildman–Crippen LogP) is 0.899. The number of amides is 2. The van der Waals surface area contributed by atoms with E-state index in [-0.39, 0.29) is 23.3 Å². The molecule has 0 aromatic rings. The molecule has 2 N–H and O–H groups in total. The molecule has 2 amide bonds. The van der Waals surface area contributed by atoms with E-state index in [0.717, 1.165) is 6.42 Å². The lowest BCUT2D eigenvalue weighted by Gasteiger charge is -2.38. The maximum Gasteiger partial charge on any atom is 0.230 e. The van der Waals surface area contributed by atoms with Crippen LogP contribution in [0.2, 0.25) is 0 Å². The minimum atomic E-state index is -0.197. The van der Waals surface area contributed by atoms with Crippen LogP contribution in [0.25, 0.3) is 0 Å². The van der Waals surface area contributed by atoms with Gasteiger partial charge in [-0.1, -0.05) is 20.8 Å². The highest BCUT2D eigenvalue weighted by Crippen LogP contribution is 2.32. The number of carbonyl (C=O) groups is 2. The fourth-order valence-electron chi connectivity index (χ4n) is 2.05. The number of nitrogens with zero attached hydrogens (tertiary/aromatic N) is 1. The first-order valence-corrected chi connectivity index (χ1v) is 5.46. The fraction of sp³-hybridized carbons (Fsp3) is 0.818. The predicted molar refractivity (Wildman–Crippen MR) is 58.0 cm³/mol. The van der Waals surface area contributed by atoms with E-state index in [0.29, 0.717) is 19.4 Å². The number of piperidine rings is 1. The van der Waals surface area contributed by atoms with Gasteiger partial charge in [0.25, 0.3) is 0 Å². The smallest absolute Gasteiger partial charge is 0.230 e. The van der Waals surface area contributed by atoms with Crippen LogP contribution in [-0.4, -0.2) is 29.3 Å². The van der Waals surface area contributed by atoms with Crippen LogP contribution in [0.1, 0.15) is 40.0 Å².